The molecule has 0 N–H and O–H groups in total. The van der Waals surface area contributed by atoms with Crippen molar-refractivity contribution in [3.63, 3.8) is 0 Å². The number of rotatable bonds is 6. The quantitative estimate of drug-likeness (QED) is 0.419. The third kappa shape index (κ3) is 4.17. The summed E-state index contributed by atoms with van der Waals surface area (Å²) in [5, 5.41) is 6.81. The van der Waals surface area contributed by atoms with Crippen LogP contribution in [0.1, 0.15) is 17.9 Å². The van der Waals surface area contributed by atoms with E-state index in [9.17, 15) is 13.2 Å². The molecule has 0 aliphatic rings. The van der Waals surface area contributed by atoms with Crippen molar-refractivity contribution in [3.05, 3.63) is 84.3 Å². The van der Waals surface area contributed by atoms with Gasteiger partial charge in [0.1, 0.15) is 5.82 Å². The van der Waals surface area contributed by atoms with Gasteiger partial charge < -0.3 is 9.32 Å². The molecule has 0 atom stereocenters. The molecule has 152 valence electrons. The van der Waals surface area contributed by atoms with Crippen LogP contribution in [-0.2, 0) is 6.54 Å². The van der Waals surface area contributed by atoms with Gasteiger partial charge in [-0.3, -0.25) is 4.98 Å². The first kappa shape index (κ1) is 19.6. The van der Waals surface area contributed by atoms with Crippen molar-refractivity contribution in [2.45, 2.75) is 13.0 Å². The molecule has 4 aromatic rings. The van der Waals surface area contributed by atoms with E-state index in [1.807, 2.05) is 48.3 Å². The van der Waals surface area contributed by atoms with Crippen molar-refractivity contribution in [1.82, 2.24) is 15.2 Å². The highest BCUT2D eigenvalue weighted by molar-refractivity contribution is 5.68. The Labute approximate surface area is 170 Å². The molecule has 2 heterocycles. The van der Waals surface area contributed by atoms with E-state index in [4.69, 9.17) is 4.42 Å². The minimum atomic E-state index is -2.87. The van der Waals surface area contributed by atoms with Crippen LogP contribution in [0.4, 0.5) is 18.9 Å². The first-order valence-corrected chi connectivity index (χ1v) is 9.13. The molecule has 0 bridgehead atoms. The predicted octanol–water partition coefficient (Wildman–Crippen LogP) is 5.51. The van der Waals surface area contributed by atoms with Crippen molar-refractivity contribution < 1.29 is 17.6 Å². The van der Waals surface area contributed by atoms with Crippen LogP contribution in [0, 0.1) is 5.82 Å². The molecular formula is C22H17F3N4O. The Hall–Kier alpha value is -3.68. The monoisotopic (exact) mass is 410 g/mol. The van der Waals surface area contributed by atoms with Gasteiger partial charge in [-0.05, 0) is 47.5 Å². The van der Waals surface area contributed by atoms with E-state index < -0.39 is 18.1 Å². The van der Waals surface area contributed by atoms with Gasteiger partial charge in [0.15, 0.2) is 0 Å². The van der Waals surface area contributed by atoms with Gasteiger partial charge in [-0.15, -0.1) is 10.2 Å². The molecule has 0 saturated carbocycles. The average molecular weight is 410 g/mol. The Morgan fingerprint density at radius 3 is 2.43 bits per heavy atom. The summed E-state index contributed by atoms with van der Waals surface area (Å²) >= 11 is 0. The molecule has 2 aromatic carbocycles. The van der Waals surface area contributed by atoms with Crippen LogP contribution in [-0.4, -0.2) is 22.2 Å². The first-order valence-electron chi connectivity index (χ1n) is 9.13. The molecule has 8 heteroatoms. The second-order valence-corrected chi connectivity index (χ2v) is 6.69. The topological polar surface area (TPSA) is 55.1 Å². The van der Waals surface area contributed by atoms with Crippen LogP contribution in [0.5, 0.6) is 0 Å². The number of pyridine rings is 1. The molecule has 2 aromatic heterocycles. The van der Waals surface area contributed by atoms with Crippen molar-refractivity contribution in [2.24, 2.45) is 0 Å². The van der Waals surface area contributed by atoms with E-state index in [0.717, 1.165) is 16.8 Å². The molecule has 5 nitrogen and oxygen atoms in total. The van der Waals surface area contributed by atoms with Gasteiger partial charge in [-0.1, -0.05) is 18.2 Å². The molecule has 0 spiro atoms. The van der Waals surface area contributed by atoms with Crippen LogP contribution in [0.15, 0.2) is 71.4 Å². The summed E-state index contributed by atoms with van der Waals surface area (Å²) in [4.78, 5) is 5.95. The van der Waals surface area contributed by atoms with E-state index in [1.54, 1.807) is 24.5 Å². The van der Waals surface area contributed by atoms with Gasteiger partial charge in [0.2, 0.25) is 5.89 Å². The molecule has 30 heavy (non-hydrogen) atoms. The molecule has 0 radical (unpaired) electrons. The van der Waals surface area contributed by atoms with Gasteiger partial charge in [0, 0.05) is 42.8 Å². The fourth-order valence-electron chi connectivity index (χ4n) is 3.06. The molecule has 4 rings (SSSR count). The average Bonchev–Trinajstić information content (AvgIpc) is 3.26. The number of alkyl halides is 2. The highest BCUT2D eigenvalue weighted by Gasteiger charge is 2.18. The molecular weight excluding hydrogens is 393 g/mol. The van der Waals surface area contributed by atoms with Gasteiger partial charge in [0.25, 0.3) is 5.89 Å². The molecule has 0 fully saturated rings. The SMILES string of the molecule is CN(Cc1ccc(-c2nnc(C(F)F)o2)cc1F)c1cccc(-c2ccncc2)c1. The fourth-order valence-corrected chi connectivity index (χ4v) is 3.06. The largest absolute Gasteiger partial charge is 0.415 e. The van der Waals surface area contributed by atoms with E-state index in [2.05, 4.69) is 15.2 Å². The maximum atomic E-state index is 14.6. The summed E-state index contributed by atoms with van der Waals surface area (Å²) in [6.07, 6.45) is 0.596. The molecule has 0 aliphatic heterocycles. The maximum absolute atomic E-state index is 14.6. The van der Waals surface area contributed by atoms with Crippen LogP contribution in [0.3, 0.4) is 0 Å². The number of aromatic nitrogens is 3. The molecule has 0 saturated heterocycles. The lowest BCUT2D eigenvalue weighted by Gasteiger charge is -2.20. The lowest BCUT2D eigenvalue weighted by Crippen LogP contribution is -2.17. The Morgan fingerprint density at radius 1 is 0.933 bits per heavy atom. The predicted molar refractivity (Wildman–Crippen MR) is 106 cm³/mol. The van der Waals surface area contributed by atoms with Crippen LogP contribution < -0.4 is 4.90 Å². The van der Waals surface area contributed by atoms with Gasteiger partial charge >= 0.3 is 6.43 Å². The zero-order valence-electron chi connectivity index (χ0n) is 16.0. The lowest BCUT2D eigenvalue weighted by molar-refractivity contribution is 0.116. The zero-order valence-corrected chi connectivity index (χ0v) is 16.0. The third-order valence-electron chi connectivity index (χ3n) is 4.64. The van der Waals surface area contributed by atoms with E-state index in [1.165, 1.54) is 6.07 Å². The van der Waals surface area contributed by atoms with E-state index >= 15 is 0 Å². The van der Waals surface area contributed by atoms with E-state index in [0.29, 0.717) is 12.1 Å². The smallest absolute Gasteiger partial charge is 0.314 e. The summed E-state index contributed by atoms with van der Waals surface area (Å²) in [5.41, 5.74) is 3.69. The Morgan fingerprint density at radius 2 is 1.73 bits per heavy atom. The molecule has 0 aliphatic carbocycles. The highest BCUT2D eigenvalue weighted by atomic mass is 19.3. The molecule has 0 amide bonds. The first-order chi connectivity index (χ1) is 14.5. The standard InChI is InChI=1S/C22H17F3N4O/c1-29(18-4-2-3-15(11-18)14-7-9-26-10-8-14)13-17-6-5-16(12-19(17)23)21-27-28-22(30-21)20(24)25/h2-12,20H,13H2,1H3. The van der Waals surface area contributed by atoms with Gasteiger partial charge in [0.05, 0.1) is 0 Å². The second-order valence-electron chi connectivity index (χ2n) is 6.69. The summed E-state index contributed by atoms with van der Waals surface area (Å²) in [5.74, 6) is -1.42. The van der Waals surface area contributed by atoms with Crippen molar-refractivity contribution >= 4 is 5.69 Å². The summed E-state index contributed by atoms with van der Waals surface area (Å²) in [7, 11) is 1.87. The third-order valence-corrected chi connectivity index (χ3v) is 4.64. The van der Waals surface area contributed by atoms with Crippen LogP contribution in [0.2, 0.25) is 0 Å². The maximum Gasteiger partial charge on any atom is 0.314 e. The van der Waals surface area contributed by atoms with Gasteiger partial charge in [-0.25, -0.2) is 4.39 Å². The number of nitrogens with zero attached hydrogens (tertiary/aromatic N) is 4. The number of hydrogen-bond acceptors (Lipinski definition) is 5. The van der Waals surface area contributed by atoms with E-state index in [-0.39, 0.29) is 11.5 Å². The van der Waals surface area contributed by atoms with Crippen LogP contribution in [0.25, 0.3) is 22.6 Å². The van der Waals surface area contributed by atoms with Crippen LogP contribution >= 0.6 is 0 Å². The Bertz CT molecular complexity index is 1150. The number of anilines is 1. The minimum Gasteiger partial charge on any atom is -0.415 e. The number of benzene rings is 2. The summed E-state index contributed by atoms with van der Waals surface area (Å²) in [6, 6.07) is 16.1. The zero-order chi connectivity index (χ0) is 21.1. The summed E-state index contributed by atoms with van der Waals surface area (Å²) in [6.45, 7) is 0.317. The highest BCUT2D eigenvalue weighted by Crippen LogP contribution is 2.27. The van der Waals surface area contributed by atoms with Crippen molar-refractivity contribution in [3.8, 4) is 22.6 Å². The van der Waals surface area contributed by atoms with Crippen molar-refractivity contribution in [1.29, 1.82) is 0 Å². The van der Waals surface area contributed by atoms with Crippen molar-refractivity contribution in [2.75, 3.05) is 11.9 Å². The Kier molecular flexibility index (Phi) is 5.47. The summed E-state index contributed by atoms with van der Waals surface area (Å²) < 4.78 is 44.7. The Balaban J connectivity index is 1.53. The minimum absolute atomic E-state index is 0.144. The number of hydrogen-bond donors (Lipinski definition) is 0. The lowest BCUT2D eigenvalue weighted by atomic mass is 10.1. The normalized spacial score (nSPS) is 11.1. The molecule has 0 unspecified atom stereocenters. The second kappa shape index (κ2) is 8.36. The van der Waals surface area contributed by atoms with Gasteiger partial charge in [-0.2, -0.15) is 8.78 Å². The fraction of sp³-hybridized carbons (Fsp3) is 0.136. The number of halogens is 3.